The van der Waals surface area contributed by atoms with Crippen LogP contribution in [0.25, 0.3) is 11.3 Å². The lowest BCUT2D eigenvalue weighted by Crippen LogP contribution is -2.45. The van der Waals surface area contributed by atoms with E-state index in [2.05, 4.69) is 22.3 Å². The van der Waals surface area contributed by atoms with Crippen LogP contribution in [0, 0.1) is 0 Å². The molecule has 4 aromatic rings. The monoisotopic (exact) mass is 432 g/mol. The second kappa shape index (κ2) is 6.52. The van der Waals surface area contributed by atoms with Crippen molar-refractivity contribution < 1.29 is 14.3 Å². The molecule has 1 saturated carbocycles. The van der Waals surface area contributed by atoms with E-state index in [9.17, 15) is 4.79 Å². The number of hydrogen-bond acceptors (Lipinski definition) is 6. The first-order chi connectivity index (χ1) is 15.3. The van der Waals surface area contributed by atoms with Crippen molar-refractivity contribution in [1.82, 2.24) is 24.0 Å². The summed E-state index contributed by atoms with van der Waals surface area (Å²) >= 11 is 0. The van der Waals surface area contributed by atoms with Gasteiger partial charge in [0.05, 0.1) is 35.7 Å². The van der Waals surface area contributed by atoms with Crippen LogP contribution in [-0.2, 0) is 10.2 Å². The first kappa shape index (κ1) is 19.2. The number of amides is 1. The highest BCUT2D eigenvalue weighted by atomic mass is 16.5. The SMILES string of the molecule is CC(C)Oc1nc2nc(C34COC(C)(C3)C4)cn2cc1NC(=O)c1cccc2ccnn12. The lowest BCUT2D eigenvalue weighted by Gasteiger charge is -2.41. The van der Waals surface area contributed by atoms with Gasteiger partial charge in [-0.25, -0.2) is 9.50 Å². The Kier molecular flexibility index (Phi) is 3.92. The lowest BCUT2D eigenvalue weighted by atomic mass is 9.62. The van der Waals surface area contributed by atoms with Gasteiger partial charge in [0.25, 0.3) is 5.91 Å². The number of nitrogens with zero attached hydrogens (tertiary/aromatic N) is 5. The average Bonchev–Trinajstić information content (AvgIpc) is 3.48. The molecule has 1 N–H and O–H groups in total. The van der Waals surface area contributed by atoms with Crippen LogP contribution < -0.4 is 10.1 Å². The van der Waals surface area contributed by atoms with Crippen molar-refractivity contribution >= 4 is 22.9 Å². The first-order valence-corrected chi connectivity index (χ1v) is 10.8. The highest BCUT2D eigenvalue weighted by Crippen LogP contribution is 2.58. The summed E-state index contributed by atoms with van der Waals surface area (Å²) in [4.78, 5) is 22.5. The molecule has 9 heteroatoms. The number of imidazole rings is 1. The third-order valence-corrected chi connectivity index (χ3v) is 6.33. The summed E-state index contributed by atoms with van der Waals surface area (Å²) in [6.07, 6.45) is 7.28. The van der Waals surface area contributed by atoms with Gasteiger partial charge in [-0.05, 0) is 51.8 Å². The van der Waals surface area contributed by atoms with Crippen LogP contribution >= 0.6 is 0 Å². The third-order valence-electron chi connectivity index (χ3n) is 6.33. The maximum Gasteiger partial charge on any atom is 0.274 e. The molecule has 0 atom stereocenters. The van der Waals surface area contributed by atoms with Gasteiger partial charge in [-0.3, -0.25) is 9.20 Å². The summed E-state index contributed by atoms with van der Waals surface area (Å²) in [6, 6.07) is 7.31. The van der Waals surface area contributed by atoms with Crippen LogP contribution in [0.15, 0.2) is 42.9 Å². The molecule has 0 spiro atoms. The predicted molar refractivity (Wildman–Crippen MR) is 117 cm³/mol. The maximum atomic E-state index is 13.1. The van der Waals surface area contributed by atoms with Crippen LogP contribution in [0.1, 0.15) is 49.8 Å². The fraction of sp³-hybridized carbons (Fsp3) is 0.391. The van der Waals surface area contributed by atoms with Crippen LogP contribution in [0.3, 0.4) is 0 Å². The van der Waals surface area contributed by atoms with Crippen LogP contribution in [-0.4, -0.2) is 48.2 Å². The number of nitrogens with one attached hydrogen (secondary N) is 1. The van der Waals surface area contributed by atoms with E-state index in [1.165, 1.54) is 0 Å². The zero-order chi connectivity index (χ0) is 22.1. The van der Waals surface area contributed by atoms with Crippen LogP contribution in [0.5, 0.6) is 5.88 Å². The average molecular weight is 432 g/mol. The Bertz CT molecular complexity index is 1360. The van der Waals surface area contributed by atoms with Gasteiger partial charge in [0.15, 0.2) is 0 Å². The van der Waals surface area contributed by atoms with E-state index in [1.807, 2.05) is 48.8 Å². The summed E-state index contributed by atoms with van der Waals surface area (Å²) in [5.41, 5.74) is 2.64. The zero-order valence-corrected chi connectivity index (χ0v) is 18.2. The van der Waals surface area contributed by atoms with E-state index in [4.69, 9.17) is 14.5 Å². The Morgan fingerprint density at radius 2 is 2.06 bits per heavy atom. The molecule has 9 nitrogen and oxygen atoms in total. The number of anilines is 1. The summed E-state index contributed by atoms with van der Waals surface area (Å²) in [6.45, 7) is 6.67. The Balaban J connectivity index is 1.38. The molecule has 4 aromatic heterocycles. The second-order valence-corrected chi connectivity index (χ2v) is 9.37. The minimum Gasteiger partial charge on any atom is -0.473 e. The van der Waals surface area contributed by atoms with Crippen molar-refractivity contribution in [2.45, 2.75) is 50.7 Å². The topological polar surface area (TPSA) is 95.0 Å². The Labute approximate surface area is 184 Å². The first-order valence-electron chi connectivity index (χ1n) is 10.8. The lowest BCUT2D eigenvalue weighted by molar-refractivity contribution is 0.0154. The van der Waals surface area contributed by atoms with Crippen molar-refractivity contribution in [2.24, 2.45) is 0 Å². The normalized spacial score (nSPS) is 24.2. The highest BCUT2D eigenvalue weighted by molar-refractivity contribution is 6.04. The van der Waals surface area contributed by atoms with Gasteiger partial charge in [-0.15, -0.1) is 0 Å². The molecule has 3 fully saturated rings. The molecule has 2 bridgehead atoms. The Hall–Kier alpha value is -3.46. The smallest absolute Gasteiger partial charge is 0.274 e. The molecule has 3 aliphatic rings. The third kappa shape index (κ3) is 2.88. The van der Waals surface area contributed by atoms with Crippen molar-refractivity contribution in [3.63, 3.8) is 0 Å². The van der Waals surface area contributed by atoms with Crippen molar-refractivity contribution in [2.75, 3.05) is 11.9 Å². The second-order valence-electron chi connectivity index (χ2n) is 9.37. The summed E-state index contributed by atoms with van der Waals surface area (Å²) in [5.74, 6) is 0.578. The van der Waals surface area contributed by atoms with Gasteiger partial charge in [-0.2, -0.15) is 10.1 Å². The molecule has 1 amide bonds. The molecule has 7 rings (SSSR count). The van der Waals surface area contributed by atoms with E-state index >= 15 is 0 Å². The van der Waals surface area contributed by atoms with Gasteiger partial charge in [0.2, 0.25) is 11.7 Å². The van der Waals surface area contributed by atoms with Gasteiger partial charge in [0.1, 0.15) is 11.4 Å². The van der Waals surface area contributed by atoms with Crippen molar-refractivity contribution in [3.8, 4) is 5.88 Å². The minimum atomic E-state index is -0.299. The summed E-state index contributed by atoms with van der Waals surface area (Å²) in [7, 11) is 0. The molecule has 32 heavy (non-hydrogen) atoms. The summed E-state index contributed by atoms with van der Waals surface area (Å²) < 4.78 is 15.3. The van der Waals surface area contributed by atoms with Crippen LogP contribution in [0.4, 0.5) is 5.69 Å². The molecule has 6 heterocycles. The van der Waals surface area contributed by atoms with Gasteiger partial charge in [0, 0.05) is 17.8 Å². The fourth-order valence-electron chi connectivity index (χ4n) is 5.02. The number of fused-ring (bicyclic) bond motifs is 3. The van der Waals surface area contributed by atoms with E-state index in [0.717, 1.165) is 24.1 Å². The molecule has 0 unspecified atom stereocenters. The standard InChI is InChI=1S/C23H24N6O3/c1-14(2)32-20-16(25-19(30)17-6-4-5-15-7-8-24-29(15)17)9-28-10-18(26-21(28)27-20)23-11-22(3,12-23)31-13-23/h4-10,14H,11-13H2,1-3H3,(H,25,30). The quantitative estimate of drug-likeness (QED) is 0.520. The molecule has 2 aliphatic heterocycles. The largest absolute Gasteiger partial charge is 0.473 e. The molecule has 0 aromatic carbocycles. The highest BCUT2D eigenvalue weighted by Gasteiger charge is 2.61. The van der Waals surface area contributed by atoms with Crippen LogP contribution in [0.2, 0.25) is 0 Å². The van der Waals surface area contributed by atoms with Gasteiger partial charge >= 0.3 is 0 Å². The number of ether oxygens (including phenoxy) is 2. The number of pyridine rings is 1. The van der Waals surface area contributed by atoms with E-state index in [-0.39, 0.29) is 23.0 Å². The molecule has 164 valence electrons. The Morgan fingerprint density at radius 3 is 2.81 bits per heavy atom. The number of carbonyl (C=O) groups excluding carboxylic acids is 1. The van der Waals surface area contributed by atoms with Crippen molar-refractivity contribution in [3.05, 3.63) is 54.2 Å². The molecular weight excluding hydrogens is 408 g/mol. The Morgan fingerprint density at radius 1 is 1.22 bits per heavy atom. The predicted octanol–water partition coefficient (Wildman–Crippen LogP) is 3.24. The fourth-order valence-corrected chi connectivity index (χ4v) is 5.02. The molecule has 1 aliphatic carbocycles. The number of hydrogen-bond donors (Lipinski definition) is 1. The van der Waals surface area contributed by atoms with Gasteiger partial charge in [-0.1, -0.05) is 6.07 Å². The summed E-state index contributed by atoms with van der Waals surface area (Å²) in [5, 5.41) is 7.20. The zero-order valence-electron chi connectivity index (χ0n) is 18.2. The maximum absolute atomic E-state index is 13.1. The number of rotatable bonds is 5. The van der Waals surface area contributed by atoms with E-state index in [0.29, 0.717) is 29.6 Å². The number of aromatic nitrogens is 5. The molecule has 2 saturated heterocycles. The van der Waals surface area contributed by atoms with Gasteiger partial charge < -0.3 is 14.8 Å². The number of carbonyl (C=O) groups is 1. The molecule has 0 radical (unpaired) electrons. The van der Waals surface area contributed by atoms with E-state index in [1.54, 1.807) is 16.8 Å². The minimum absolute atomic E-state index is 0.0260. The molecular formula is C23H24N6O3. The van der Waals surface area contributed by atoms with Crippen molar-refractivity contribution in [1.29, 1.82) is 0 Å². The van der Waals surface area contributed by atoms with E-state index < -0.39 is 0 Å².